The lowest BCUT2D eigenvalue weighted by Gasteiger charge is -2.40. The largest absolute Gasteiger partial charge is 0.457 e. The number of amides is 1. The van der Waals surface area contributed by atoms with E-state index in [2.05, 4.69) is 5.32 Å². The SMILES string of the molecule is CC.CNC(=O)c1cccc(Oc2cccc([C@H]3OC(CO)[C@@H](O)C(O)C3O)c2)c1. The van der Waals surface area contributed by atoms with Crippen LogP contribution in [-0.4, -0.2) is 64.4 Å². The molecule has 5 atom stereocenters. The molecule has 2 aromatic rings. The highest BCUT2D eigenvalue weighted by molar-refractivity contribution is 5.94. The molecule has 3 unspecified atom stereocenters. The molecule has 8 heteroatoms. The smallest absolute Gasteiger partial charge is 0.251 e. The zero-order valence-corrected chi connectivity index (χ0v) is 17.2. The number of hydrogen-bond donors (Lipinski definition) is 5. The molecule has 164 valence electrons. The normalized spacial score (nSPS) is 25.6. The molecule has 0 radical (unpaired) electrons. The molecule has 1 aliphatic heterocycles. The van der Waals surface area contributed by atoms with E-state index in [-0.39, 0.29) is 5.91 Å². The highest BCUT2D eigenvalue weighted by Gasteiger charge is 2.43. The van der Waals surface area contributed by atoms with Crippen molar-refractivity contribution in [1.29, 1.82) is 0 Å². The van der Waals surface area contributed by atoms with Crippen molar-refractivity contribution in [3.05, 3.63) is 59.7 Å². The molecular formula is C22H29NO7. The first kappa shape index (κ1) is 23.8. The first-order valence-corrected chi connectivity index (χ1v) is 9.85. The van der Waals surface area contributed by atoms with E-state index < -0.39 is 37.1 Å². The third kappa shape index (κ3) is 5.35. The number of aliphatic hydroxyl groups is 4. The van der Waals surface area contributed by atoms with Crippen LogP contribution in [0.5, 0.6) is 11.5 Å². The Kier molecular flexibility index (Phi) is 8.76. The van der Waals surface area contributed by atoms with Crippen LogP contribution in [0, 0.1) is 0 Å². The number of rotatable bonds is 5. The van der Waals surface area contributed by atoms with Crippen LogP contribution in [-0.2, 0) is 4.74 Å². The summed E-state index contributed by atoms with van der Waals surface area (Å²) in [7, 11) is 1.54. The molecule has 0 bridgehead atoms. The van der Waals surface area contributed by atoms with Gasteiger partial charge in [0.15, 0.2) is 0 Å². The highest BCUT2D eigenvalue weighted by Crippen LogP contribution is 2.34. The monoisotopic (exact) mass is 419 g/mol. The summed E-state index contributed by atoms with van der Waals surface area (Å²) in [4.78, 5) is 11.8. The third-order valence-corrected chi connectivity index (χ3v) is 4.64. The second-order valence-corrected chi connectivity index (χ2v) is 6.53. The van der Waals surface area contributed by atoms with Gasteiger partial charge in [-0.1, -0.05) is 32.0 Å². The fourth-order valence-electron chi connectivity index (χ4n) is 3.11. The zero-order valence-electron chi connectivity index (χ0n) is 17.2. The minimum absolute atomic E-state index is 0.236. The number of ether oxygens (including phenoxy) is 2. The van der Waals surface area contributed by atoms with E-state index in [9.17, 15) is 25.2 Å². The van der Waals surface area contributed by atoms with Crippen LogP contribution in [0.2, 0.25) is 0 Å². The van der Waals surface area contributed by atoms with Crippen molar-refractivity contribution in [3.63, 3.8) is 0 Å². The molecule has 0 aliphatic carbocycles. The van der Waals surface area contributed by atoms with E-state index in [1.54, 1.807) is 55.6 Å². The van der Waals surface area contributed by atoms with Crippen molar-refractivity contribution in [2.24, 2.45) is 0 Å². The van der Waals surface area contributed by atoms with Crippen molar-refractivity contribution in [2.45, 2.75) is 44.4 Å². The number of aliphatic hydroxyl groups excluding tert-OH is 4. The quantitative estimate of drug-likeness (QED) is 0.495. The Labute approximate surface area is 175 Å². The topological polar surface area (TPSA) is 128 Å². The van der Waals surface area contributed by atoms with Gasteiger partial charge in [-0.25, -0.2) is 0 Å². The van der Waals surface area contributed by atoms with Crippen molar-refractivity contribution in [1.82, 2.24) is 5.32 Å². The summed E-state index contributed by atoms with van der Waals surface area (Å²) in [6, 6.07) is 13.3. The Morgan fingerprint density at radius 3 is 2.27 bits per heavy atom. The van der Waals surface area contributed by atoms with Gasteiger partial charge in [0.05, 0.1) is 6.61 Å². The van der Waals surface area contributed by atoms with Crippen molar-refractivity contribution >= 4 is 5.91 Å². The molecule has 3 rings (SSSR count). The minimum atomic E-state index is -1.45. The van der Waals surface area contributed by atoms with Crippen LogP contribution < -0.4 is 10.1 Å². The predicted molar refractivity (Wildman–Crippen MR) is 110 cm³/mol. The number of hydrogen-bond acceptors (Lipinski definition) is 7. The Morgan fingerprint density at radius 2 is 1.63 bits per heavy atom. The second-order valence-electron chi connectivity index (χ2n) is 6.53. The Morgan fingerprint density at radius 1 is 1.00 bits per heavy atom. The average molecular weight is 419 g/mol. The molecule has 0 spiro atoms. The van der Waals surface area contributed by atoms with Gasteiger partial charge in [0.25, 0.3) is 5.91 Å². The molecule has 0 saturated carbocycles. The lowest BCUT2D eigenvalue weighted by Crippen LogP contribution is -2.55. The zero-order chi connectivity index (χ0) is 22.3. The van der Waals surface area contributed by atoms with Gasteiger partial charge in [-0.2, -0.15) is 0 Å². The van der Waals surface area contributed by atoms with Gasteiger partial charge in [-0.15, -0.1) is 0 Å². The summed E-state index contributed by atoms with van der Waals surface area (Å²) in [5.41, 5.74) is 0.960. The molecule has 2 aromatic carbocycles. The first-order chi connectivity index (χ1) is 14.4. The Balaban J connectivity index is 0.00000155. The first-order valence-electron chi connectivity index (χ1n) is 9.85. The van der Waals surface area contributed by atoms with E-state index in [0.29, 0.717) is 22.6 Å². The summed E-state index contributed by atoms with van der Waals surface area (Å²) in [6.07, 6.45) is -6.18. The molecule has 8 nitrogen and oxygen atoms in total. The van der Waals surface area contributed by atoms with Gasteiger partial charge in [-0.3, -0.25) is 4.79 Å². The van der Waals surface area contributed by atoms with Crippen molar-refractivity contribution in [3.8, 4) is 11.5 Å². The van der Waals surface area contributed by atoms with Gasteiger partial charge in [-0.05, 0) is 35.9 Å². The lowest BCUT2D eigenvalue weighted by atomic mass is 9.91. The maximum absolute atomic E-state index is 11.8. The van der Waals surface area contributed by atoms with E-state index in [1.165, 1.54) is 0 Å². The molecule has 0 aromatic heterocycles. The molecule has 1 heterocycles. The molecule has 1 saturated heterocycles. The van der Waals surface area contributed by atoms with Gasteiger partial charge in [0, 0.05) is 12.6 Å². The van der Waals surface area contributed by atoms with Gasteiger partial charge >= 0.3 is 0 Å². The molecular weight excluding hydrogens is 390 g/mol. The maximum atomic E-state index is 11.8. The fraction of sp³-hybridized carbons (Fsp3) is 0.409. The average Bonchev–Trinajstić information content (AvgIpc) is 2.79. The lowest BCUT2D eigenvalue weighted by molar-refractivity contribution is -0.231. The molecule has 30 heavy (non-hydrogen) atoms. The summed E-state index contributed by atoms with van der Waals surface area (Å²) in [6.45, 7) is 3.50. The van der Waals surface area contributed by atoms with Crippen LogP contribution in [0.4, 0.5) is 0 Å². The van der Waals surface area contributed by atoms with Crippen LogP contribution in [0.3, 0.4) is 0 Å². The predicted octanol–water partition coefficient (Wildman–Crippen LogP) is 1.38. The number of carbonyl (C=O) groups excluding carboxylic acids is 1. The maximum Gasteiger partial charge on any atom is 0.251 e. The third-order valence-electron chi connectivity index (χ3n) is 4.64. The van der Waals surface area contributed by atoms with E-state index >= 15 is 0 Å². The number of carbonyl (C=O) groups is 1. The second kappa shape index (κ2) is 11.1. The van der Waals surface area contributed by atoms with Crippen LogP contribution in [0.1, 0.15) is 35.9 Å². The van der Waals surface area contributed by atoms with E-state index in [1.807, 2.05) is 13.8 Å². The van der Waals surface area contributed by atoms with E-state index in [0.717, 1.165) is 0 Å². The standard InChI is InChI=1S/C20H23NO7.C2H6/c1-21-20(26)12-5-3-7-14(9-12)27-13-6-2-4-11(8-13)19-18(25)17(24)16(23)15(10-22)28-19;1-2/h2-9,15-19,22-25H,10H2,1H3,(H,21,26);1-2H3/t15?,16-,17?,18?,19-;/m1./s1. The Hall–Kier alpha value is -2.49. The number of nitrogens with one attached hydrogen (secondary N) is 1. The summed E-state index contributed by atoms with van der Waals surface area (Å²) in [5.74, 6) is 0.649. The van der Waals surface area contributed by atoms with Crippen LogP contribution in [0.15, 0.2) is 48.5 Å². The van der Waals surface area contributed by atoms with Crippen LogP contribution >= 0.6 is 0 Å². The van der Waals surface area contributed by atoms with Crippen LogP contribution in [0.25, 0.3) is 0 Å². The van der Waals surface area contributed by atoms with E-state index in [4.69, 9.17) is 9.47 Å². The summed E-state index contributed by atoms with van der Waals surface area (Å²) < 4.78 is 11.4. The summed E-state index contributed by atoms with van der Waals surface area (Å²) in [5, 5.41) is 42.0. The van der Waals surface area contributed by atoms with Gasteiger partial charge < -0.3 is 35.2 Å². The fourth-order valence-corrected chi connectivity index (χ4v) is 3.11. The molecule has 1 aliphatic rings. The van der Waals surface area contributed by atoms with Gasteiger partial charge in [0.1, 0.15) is 42.0 Å². The molecule has 1 fully saturated rings. The highest BCUT2D eigenvalue weighted by atomic mass is 16.5. The number of benzene rings is 2. The van der Waals surface area contributed by atoms with Crippen molar-refractivity contribution in [2.75, 3.05) is 13.7 Å². The Bertz CT molecular complexity index is 827. The van der Waals surface area contributed by atoms with Gasteiger partial charge in [0.2, 0.25) is 0 Å². The summed E-state index contributed by atoms with van der Waals surface area (Å²) >= 11 is 0. The molecule has 1 amide bonds. The van der Waals surface area contributed by atoms with Crippen molar-refractivity contribution < 1.29 is 34.7 Å². The minimum Gasteiger partial charge on any atom is -0.457 e. The molecule has 5 N–H and O–H groups in total.